The van der Waals surface area contributed by atoms with Gasteiger partial charge < -0.3 is 10.1 Å². The van der Waals surface area contributed by atoms with E-state index in [9.17, 15) is 18.0 Å². The van der Waals surface area contributed by atoms with E-state index >= 15 is 0 Å². The Balaban J connectivity index is 1.93. The molecule has 0 saturated heterocycles. The number of aromatic amines is 1. The lowest BCUT2D eigenvalue weighted by Gasteiger charge is -2.14. The van der Waals surface area contributed by atoms with Gasteiger partial charge in [-0.2, -0.15) is 5.10 Å². The van der Waals surface area contributed by atoms with Gasteiger partial charge in [-0.25, -0.2) is 0 Å². The highest BCUT2D eigenvalue weighted by molar-refractivity contribution is 5.92. The van der Waals surface area contributed by atoms with Crippen LogP contribution in [0.1, 0.15) is 42.5 Å². The number of benzene rings is 1. The lowest BCUT2D eigenvalue weighted by molar-refractivity contribution is -0.274. The van der Waals surface area contributed by atoms with Gasteiger partial charge in [0.15, 0.2) is 0 Å². The number of aromatic nitrogens is 2. The fourth-order valence-electron chi connectivity index (χ4n) is 1.90. The quantitative estimate of drug-likeness (QED) is 0.894. The smallest absolute Gasteiger partial charge is 0.406 e. The Hall–Kier alpha value is -2.51. The molecule has 2 aromatic rings. The van der Waals surface area contributed by atoms with Gasteiger partial charge in [-0.3, -0.25) is 9.89 Å². The fourth-order valence-corrected chi connectivity index (χ4v) is 1.90. The molecule has 2 N–H and O–H groups in total. The van der Waals surface area contributed by atoms with E-state index in [1.807, 2.05) is 20.8 Å². The van der Waals surface area contributed by atoms with E-state index in [0.717, 1.165) is 5.69 Å². The van der Waals surface area contributed by atoms with Crippen LogP contribution in [0.4, 0.5) is 13.2 Å². The first-order valence-electron chi connectivity index (χ1n) is 7.23. The minimum absolute atomic E-state index is 0.153. The fraction of sp³-hybridized carbons (Fsp3) is 0.375. The van der Waals surface area contributed by atoms with Crippen molar-refractivity contribution in [3.8, 4) is 5.75 Å². The number of ether oxygens (including phenoxy) is 1. The molecule has 2 rings (SSSR count). The molecule has 0 atom stereocenters. The average molecular weight is 341 g/mol. The number of carbonyl (C=O) groups excluding carboxylic acids is 1. The van der Waals surface area contributed by atoms with Gasteiger partial charge in [0, 0.05) is 17.7 Å². The van der Waals surface area contributed by atoms with Gasteiger partial charge in [0.2, 0.25) is 0 Å². The number of halogens is 3. The van der Waals surface area contributed by atoms with Gasteiger partial charge in [0.05, 0.1) is 0 Å². The molecule has 0 aliphatic carbocycles. The minimum Gasteiger partial charge on any atom is -0.406 e. The monoisotopic (exact) mass is 341 g/mol. The lowest BCUT2D eigenvalue weighted by atomic mass is 9.92. The third-order valence-corrected chi connectivity index (χ3v) is 3.23. The SMILES string of the molecule is CC(C)(C)c1cc(C(=O)NCc2ccc(OC(F)(F)F)cc2)n[nH]1. The van der Waals surface area contributed by atoms with Gasteiger partial charge in [0.1, 0.15) is 11.4 Å². The zero-order chi connectivity index (χ0) is 18.0. The van der Waals surface area contributed by atoms with Gasteiger partial charge in [-0.05, 0) is 23.8 Å². The van der Waals surface area contributed by atoms with Gasteiger partial charge in [-0.15, -0.1) is 13.2 Å². The normalized spacial score (nSPS) is 12.1. The molecule has 1 aromatic heterocycles. The van der Waals surface area contributed by atoms with Crippen LogP contribution in [0.2, 0.25) is 0 Å². The van der Waals surface area contributed by atoms with E-state index in [1.54, 1.807) is 6.07 Å². The van der Waals surface area contributed by atoms with Crippen LogP contribution in [-0.4, -0.2) is 22.5 Å². The lowest BCUT2D eigenvalue weighted by Crippen LogP contribution is -2.23. The van der Waals surface area contributed by atoms with E-state index in [1.165, 1.54) is 24.3 Å². The summed E-state index contributed by atoms with van der Waals surface area (Å²) in [6, 6.07) is 6.97. The van der Waals surface area contributed by atoms with Crippen molar-refractivity contribution in [3.05, 3.63) is 47.3 Å². The number of nitrogens with zero attached hydrogens (tertiary/aromatic N) is 1. The molecule has 0 fully saturated rings. The molecule has 8 heteroatoms. The van der Waals surface area contributed by atoms with Crippen LogP contribution < -0.4 is 10.1 Å². The summed E-state index contributed by atoms with van der Waals surface area (Å²) in [6.45, 7) is 6.15. The first-order valence-corrected chi connectivity index (χ1v) is 7.23. The van der Waals surface area contributed by atoms with Crippen molar-refractivity contribution in [2.45, 2.75) is 39.1 Å². The maximum Gasteiger partial charge on any atom is 0.573 e. The third-order valence-electron chi connectivity index (χ3n) is 3.23. The van der Waals surface area contributed by atoms with Gasteiger partial charge >= 0.3 is 6.36 Å². The summed E-state index contributed by atoms with van der Waals surface area (Å²) >= 11 is 0. The molecule has 130 valence electrons. The Kier molecular flexibility index (Phi) is 4.86. The van der Waals surface area contributed by atoms with Crippen molar-refractivity contribution in [1.29, 1.82) is 0 Å². The Bertz CT molecular complexity index is 701. The van der Waals surface area contributed by atoms with Crippen LogP contribution in [0.5, 0.6) is 5.75 Å². The molecule has 0 spiro atoms. The highest BCUT2D eigenvalue weighted by Gasteiger charge is 2.30. The Labute approximate surface area is 137 Å². The van der Waals surface area contributed by atoms with Gasteiger partial charge in [-0.1, -0.05) is 32.9 Å². The highest BCUT2D eigenvalue weighted by Crippen LogP contribution is 2.23. The maximum absolute atomic E-state index is 12.1. The predicted molar refractivity (Wildman–Crippen MR) is 81.6 cm³/mol. The zero-order valence-corrected chi connectivity index (χ0v) is 13.5. The van der Waals surface area contributed by atoms with E-state index in [0.29, 0.717) is 5.56 Å². The van der Waals surface area contributed by atoms with Crippen LogP contribution in [0, 0.1) is 0 Å². The van der Waals surface area contributed by atoms with Crippen LogP contribution in [-0.2, 0) is 12.0 Å². The van der Waals surface area contributed by atoms with Gasteiger partial charge in [0.25, 0.3) is 5.91 Å². The summed E-state index contributed by atoms with van der Waals surface area (Å²) in [6.07, 6.45) is -4.72. The van der Waals surface area contributed by atoms with Crippen LogP contribution in [0.15, 0.2) is 30.3 Å². The second-order valence-corrected chi connectivity index (χ2v) is 6.29. The minimum atomic E-state index is -4.72. The summed E-state index contributed by atoms with van der Waals surface area (Å²) in [5, 5.41) is 9.45. The van der Waals surface area contributed by atoms with Crippen LogP contribution in [0.25, 0.3) is 0 Å². The molecule has 0 unspecified atom stereocenters. The zero-order valence-electron chi connectivity index (χ0n) is 13.5. The number of hydrogen-bond acceptors (Lipinski definition) is 3. The number of amides is 1. The van der Waals surface area contributed by atoms with Crippen molar-refractivity contribution in [2.75, 3.05) is 0 Å². The highest BCUT2D eigenvalue weighted by atomic mass is 19.4. The van der Waals surface area contributed by atoms with Crippen LogP contribution in [0.3, 0.4) is 0 Å². The topological polar surface area (TPSA) is 67.0 Å². The Morgan fingerprint density at radius 1 is 1.21 bits per heavy atom. The molecule has 1 aromatic carbocycles. The predicted octanol–water partition coefficient (Wildman–Crippen LogP) is 3.54. The number of hydrogen-bond donors (Lipinski definition) is 2. The van der Waals surface area contributed by atoms with Crippen molar-refractivity contribution < 1.29 is 22.7 Å². The largest absolute Gasteiger partial charge is 0.573 e. The molecule has 1 heterocycles. The standard InChI is InChI=1S/C16H18F3N3O2/c1-15(2,3)13-8-12(21-22-13)14(23)20-9-10-4-6-11(7-5-10)24-16(17,18)19/h4-8H,9H2,1-3H3,(H,20,23)(H,21,22). The summed E-state index contributed by atoms with van der Waals surface area (Å²) in [7, 11) is 0. The molecule has 0 bridgehead atoms. The van der Waals surface area contributed by atoms with E-state index in [2.05, 4.69) is 20.3 Å². The molecule has 0 radical (unpaired) electrons. The van der Waals surface area contributed by atoms with E-state index in [4.69, 9.17) is 0 Å². The molecule has 0 aliphatic rings. The summed E-state index contributed by atoms with van der Waals surface area (Å²) < 4.78 is 40.0. The molecular weight excluding hydrogens is 323 g/mol. The molecule has 0 aliphatic heterocycles. The summed E-state index contributed by atoms with van der Waals surface area (Å²) in [5.74, 6) is -0.669. The van der Waals surface area contributed by atoms with Crippen molar-refractivity contribution >= 4 is 5.91 Å². The number of alkyl halides is 3. The third kappa shape index (κ3) is 5.00. The first kappa shape index (κ1) is 17.8. The van der Waals surface area contributed by atoms with Crippen molar-refractivity contribution in [2.24, 2.45) is 0 Å². The number of nitrogens with one attached hydrogen (secondary N) is 2. The van der Waals surface area contributed by atoms with E-state index < -0.39 is 6.36 Å². The van der Waals surface area contributed by atoms with Crippen LogP contribution >= 0.6 is 0 Å². The number of rotatable bonds is 4. The number of carbonyl (C=O) groups is 1. The molecule has 1 amide bonds. The second-order valence-electron chi connectivity index (χ2n) is 6.29. The van der Waals surface area contributed by atoms with Crippen molar-refractivity contribution in [1.82, 2.24) is 15.5 Å². The molecule has 24 heavy (non-hydrogen) atoms. The molecule has 5 nitrogen and oxygen atoms in total. The maximum atomic E-state index is 12.1. The van der Waals surface area contributed by atoms with E-state index in [-0.39, 0.29) is 29.3 Å². The Morgan fingerprint density at radius 2 is 1.83 bits per heavy atom. The number of H-pyrrole nitrogens is 1. The second kappa shape index (κ2) is 6.54. The first-order chi connectivity index (χ1) is 11.0. The summed E-state index contributed by atoms with van der Waals surface area (Å²) in [5.41, 5.74) is 1.59. The average Bonchev–Trinajstić information content (AvgIpc) is 2.94. The molecular formula is C16H18F3N3O2. The summed E-state index contributed by atoms with van der Waals surface area (Å²) in [4.78, 5) is 12.0. The molecule has 0 saturated carbocycles. The Morgan fingerprint density at radius 3 is 2.33 bits per heavy atom. The van der Waals surface area contributed by atoms with Crippen molar-refractivity contribution in [3.63, 3.8) is 0 Å².